The van der Waals surface area contributed by atoms with Crippen molar-refractivity contribution in [2.24, 2.45) is 0 Å². The molecular formula is C11H17F3N4O2S. The van der Waals surface area contributed by atoms with Gasteiger partial charge in [-0.25, -0.2) is 4.98 Å². The number of rotatable bonds is 8. The molecule has 1 aromatic rings. The molecule has 1 amide bonds. The summed E-state index contributed by atoms with van der Waals surface area (Å²) >= 11 is 1.21. The SMILES string of the molecule is CC(C)NC(=O)c1nc(CNNCCOC(F)(F)F)cs1. The molecule has 3 N–H and O–H groups in total. The number of aromatic nitrogens is 1. The van der Waals surface area contributed by atoms with Gasteiger partial charge >= 0.3 is 6.36 Å². The molecule has 0 aliphatic carbocycles. The molecule has 0 fully saturated rings. The van der Waals surface area contributed by atoms with Crippen LogP contribution >= 0.6 is 11.3 Å². The third kappa shape index (κ3) is 7.95. The molecule has 6 nitrogen and oxygen atoms in total. The van der Waals surface area contributed by atoms with Gasteiger partial charge in [0.15, 0.2) is 5.01 Å². The second-order valence-electron chi connectivity index (χ2n) is 4.35. The first-order valence-electron chi connectivity index (χ1n) is 6.19. The number of amides is 1. The van der Waals surface area contributed by atoms with Crippen LogP contribution in [0, 0.1) is 0 Å². The first-order chi connectivity index (χ1) is 9.78. The lowest BCUT2D eigenvalue weighted by Gasteiger charge is -2.08. The zero-order chi connectivity index (χ0) is 15.9. The van der Waals surface area contributed by atoms with Gasteiger partial charge in [-0.05, 0) is 13.8 Å². The van der Waals surface area contributed by atoms with E-state index in [-0.39, 0.29) is 25.0 Å². The van der Waals surface area contributed by atoms with Crippen molar-refractivity contribution in [2.45, 2.75) is 32.8 Å². The number of carbonyl (C=O) groups excluding carboxylic acids is 1. The van der Waals surface area contributed by atoms with Crippen LogP contribution in [0.3, 0.4) is 0 Å². The molecule has 0 aliphatic heterocycles. The van der Waals surface area contributed by atoms with Crippen molar-refractivity contribution in [3.8, 4) is 0 Å². The average Bonchev–Trinajstić information content (AvgIpc) is 2.80. The van der Waals surface area contributed by atoms with E-state index in [9.17, 15) is 18.0 Å². The van der Waals surface area contributed by atoms with E-state index in [4.69, 9.17) is 0 Å². The Balaban J connectivity index is 2.22. The van der Waals surface area contributed by atoms with E-state index < -0.39 is 13.0 Å². The molecule has 1 aromatic heterocycles. The van der Waals surface area contributed by atoms with E-state index in [1.165, 1.54) is 11.3 Å². The fraction of sp³-hybridized carbons (Fsp3) is 0.636. The summed E-state index contributed by atoms with van der Waals surface area (Å²) in [5, 5.41) is 4.77. The molecular weight excluding hydrogens is 309 g/mol. The zero-order valence-corrected chi connectivity index (χ0v) is 12.4. The van der Waals surface area contributed by atoms with Crippen molar-refractivity contribution >= 4 is 17.2 Å². The number of nitrogens with one attached hydrogen (secondary N) is 3. The Morgan fingerprint density at radius 3 is 2.76 bits per heavy atom. The minimum atomic E-state index is -4.62. The molecule has 0 atom stereocenters. The standard InChI is InChI=1S/C11H17F3N4O2S/c1-7(2)17-9(19)10-18-8(6-21-10)5-16-15-3-4-20-11(12,13)14/h6-7,15-16H,3-5H2,1-2H3,(H,17,19). The Labute approximate surface area is 124 Å². The fourth-order valence-corrected chi connectivity index (χ4v) is 2.00. The van der Waals surface area contributed by atoms with Crippen LogP contribution in [0.5, 0.6) is 0 Å². The quantitative estimate of drug-likeness (QED) is 0.497. The van der Waals surface area contributed by atoms with Crippen LogP contribution in [0.2, 0.25) is 0 Å². The number of nitrogens with zero attached hydrogens (tertiary/aromatic N) is 1. The average molecular weight is 326 g/mol. The highest BCUT2D eigenvalue weighted by molar-refractivity contribution is 7.11. The van der Waals surface area contributed by atoms with Crippen LogP contribution in [0.15, 0.2) is 5.38 Å². The van der Waals surface area contributed by atoms with E-state index in [1.807, 2.05) is 13.8 Å². The predicted octanol–water partition coefficient (Wildman–Crippen LogP) is 1.41. The second kappa shape index (κ2) is 8.27. The van der Waals surface area contributed by atoms with E-state index in [0.717, 1.165) is 0 Å². The highest BCUT2D eigenvalue weighted by atomic mass is 32.1. The normalized spacial score (nSPS) is 11.9. The number of ether oxygens (including phenoxy) is 1. The van der Waals surface area contributed by atoms with Crippen molar-refractivity contribution in [1.82, 2.24) is 21.2 Å². The van der Waals surface area contributed by atoms with Gasteiger partial charge in [-0.3, -0.25) is 20.4 Å². The van der Waals surface area contributed by atoms with Gasteiger partial charge in [0.25, 0.3) is 5.91 Å². The molecule has 0 radical (unpaired) electrons. The van der Waals surface area contributed by atoms with Gasteiger partial charge in [-0.15, -0.1) is 24.5 Å². The van der Waals surface area contributed by atoms with Crippen molar-refractivity contribution in [2.75, 3.05) is 13.2 Å². The number of hydrazine groups is 1. The summed E-state index contributed by atoms with van der Waals surface area (Å²) in [7, 11) is 0. The Kier molecular flexibility index (Phi) is 7.02. The molecule has 1 rings (SSSR count). The van der Waals surface area contributed by atoms with Crippen LogP contribution in [0.4, 0.5) is 13.2 Å². The fourth-order valence-electron chi connectivity index (χ4n) is 1.28. The number of hydrogen-bond acceptors (Lipinski definition) is 6. The molecule has 10 heteroatoms. The summed E-state index contributed by atoms with van der Waals surface area (Å²) in [5.74, 6) is -0.243. The Morgan fingerprint density at radius 1 is 1.43 bits per heavy atom. The third-order valence-electron chi connectivity index (χ3n) is 2.05. The molecule has 0 bridgehead atoms. The maximum atomic E-state index is 11.7. The lowest BCUT2D eigenvalue weighted by molar-refractivity contribution is -0.323. The van der Waals surface area contributed by atoms with Gasteiger partial charge in [0.05, 0.1) is 18.8 Å². The van der Waals surface area contributed by atoms with Gasteiger partial charge in [0, 0.05) is 18.0 Å². The highest BCUT2D eigenvalue weighted by Crippen LogP contribution is 2.15. The lowest BCUT2D eigenvalue weighted by Crippen LogP contribution is -2.35. The summed E-state index contributed by atoms with van der Waals surface area (Å²) in [6.07, 6.45) is -4.62. The van der Waals surface area contributed by atoms with Crippen LogP contribution < -0.4 is 16.2 Å². The van der Waals surface area contributed by atoms with Gasteiger partial charge in [-0.2, -0.15) is 0 Å². The summed E-state index contributed by atoms with van der Waals surface area (Å²) in [4.78, 5) is 15.8. The lowest BCUT2D eigenvalue weighted by atomic mass is 10.4. The summed E-state index contributed by atoms with van der Waals surface area (Å²) in [6, 6.07) is 0.0262. The molecule has 0 saturated heterocycles. The molecule has 0 saturated carbocycles. The first kappa shape index (κ1) is 17.8. The van der Waals surface area contributed by atoms with Crippen LogP contribution in [-0.4, -0.2) is 36.4 Å². The van der Waals surface area contributed by atoms with E-state index in [1.54, 1.807) is 5.38 Å². The molecule has 21 heavy (non-hydrogen) atoms. The highest BCUT2D eigenvalue weighted by Gasteiger charge is 2.28. The minimum absolute atomic E-state index is 0.00958. The number of halogens is 3. The Morgan fingerprint density at radius 2 is 2.14 bits per heavy atom. The molecule has 120 valence electrons. The van der Waals surface area contributed by atoms with Crippen molar-refractivity contribution in [3.63, 3.8) is 0 Å². The van der Waals surface area contributed by atoms with Crippen molar-refractivity contribution in [1.29, 1.82) is 0 Å². The molecule has 0 aromatic carbocycles. The molecule has 0 aliphatic rings. The Hall–Kier alpha value is -1.23. The van der Waals surface area contributed by atoms with Gasteiger partial charge in [-0.1, -0.05) is 0 Å². The van der Waals surface area contributed by atoms with Crippen molar-refractivity contribution in [3.05, 3.63) is 16.1 Å². The smallest absolute Gasteiger partial charge is 0.348 e. The number of alkyl halides is 3. The molecule has 0 spiro atoms. The first-order valence-corrected chi connectivity index (χ1v) is 7.07. The van der Waals surface area contributed by atoms with Crippen LogP contribution in [0.1, 0.15) is 29.3 Å². The summed E-state index contributed by atoms with van der Waals surface area (Å²) in [5.41, 5.74) is 5.89. The van der Waals surface area contributed by atoms with Gasteiger partial charge in [0.1, 0.15) is 0 Å². The predicted molar refractivity (Wildman–Crippen MR) is 71.6 cm³/mol. The van der Waals surface area contributed by atoms with E-state index >= 15 is 0 Å². The van der Waals surface area contributed by atoms with Crippen LogP contribution in [0.25, 0.3) is 0 Å². The summed E-state index contributed by atoms with van der Waals surface area (Å²) < 4.78 is 38.6. The van der Waals surface area contributed by atoms with E-state index in [2.05, 4.69) is 25.9 Å². The van der Waals surface area contributed by atoms with E-state index in [0.29, 0.717) is 10.7 Å². The third-order valence-corrected chi connectivity index (χ3v) is 2.94. The number of thiazole rings is 1. The Bertz CT molecular complexity index is 451. The summed E-state index contributed by atoms with van der Waals surface area (Å²) in [6.45, 7) is 3.49. The maximum absolute atomic E-state index is 11.7. The molecule has 1 heterocycles. The second-order valence-corrected chi connectivity index (χ2v) is 5.20. The zero-order valence-electron chi connectivity index (χ0n) is 11.6. The monoisotopic (exact) mass is 326 g/mol. The van der Waals surface area contributed by atoms with Gasteiger partial charge < -0.3 is 5.32 Å². The topological polar surface area (TPSA) is 75.3 Å². The van der Waals surface area contributed by atoms with Gasteiger partial charge in [0.2, 0.25) is 0 Å². The minimum Gasteiger partial charge on any atom is -0.348 e. The largest absolute Gasteiger partial charge is 0.522 e. The van der Waals surface area contributed by atoms with Crippen LogP contribution in [-0.2, 0) is 11.3 Å². The number of carbonyl (C=O) groups is 1. The molecule has 0 unspecified atom stereocenters. The number of hydrogen-bond donors (Lipinski definition) is 3. The van der Waals surface area contributed by atoms with Crippen molar-refractivity contribution < 1.29 is 22.7 Å². The maximum Gasteiger partial charge on any atom is 0.522 e.